The molecule has 0 unspecified atom stereocenters. The highest BCUT2D eigenvalue weighted by atomic mass is 35.5. The van der Waals surface area contributed by atoms with Gasteiger partial charge in [-0.1, -0.05) is 11.6 Å². The lowest BCUT2D eigenvalue weighted by molar-refractivity contribution is 0.226. The molecule has 8 nitrogen and oxygen atoms in total. The summed E-state index contributed by atoms with van der Waals surface area (Å²) in [5.41, 5.74) is 15.9. The number of fused-ring (bicyclic) bond motifs is 3. The van der Waals surface area contributed by atoms with Gasteiger partial charge in [0.15, 0.2) is 11.6 Å². The molecule has 1 aliphatic rings. The van der Waals surface area contributed by atoms with Crippen molar-refractivity contribution in [3.05, 3.63) is 58.3 Å². The fourth-order valence-electron chi connectivity index (χ4n) is 3.47. The van der Waals surface area contributed by atoms with Gasteiger partial charge < -0.3 is 21.5 Å². The van der Waals surface area contributed by atoms with Gasteiger partial charge in [-0.05, 0) is 31.6 Å². The summed E-state index contributed by atoms with van der Waals surface area (Å²) in [6.45, 7) is 4.25. The van der Waals surface area contributed by atoms with E-state index in [4.69, 9.17) is 33.2 Å². The van der Waals surface area contributed by atoms with E-state index in [1.165, 1.54) is 6.07 Å². The highest BCUT2D eigenvalue weighted by Crippen LogP contribution is 2.34. The molecule has 0 spiro atoms. The summed E-state index contributed by atoms with van der Waals surface area (Å²) in [5.74, 6) is -0.0500. The first-order chi connectivity index (χ1) is 15.3. The molecule has 0 saturated carbocycles. The fourth-order valence-corrected chi connectivity index (χ4v) is 3.64. The van der Waals surface area contributed by atoms with Crippen LogP contribution in [-0.2, 0) is 0 Å². The van der Waals surface area contributed by atoms with Gasteiger partial charge in [-0.25, -0.2) is 9.37 Å². The Morgan fingerprint density at radius 2 is 2.12 bits per heavy atom. The van der Waals surface area contributed by atoms with Crippen LogP contribution in [0.15, 0.2) is 40.7 Å². The predicted octanol–water partition coefficient (Wildman–Crippen LogP) is 3.65. The quantitative estimate of drug-likeness (QED) is 0.517. The zero-order chi connectivity index (χ0) is 23.4. The zero-order valence-corrected chi connectivity index (χ0v) is 18.8. The number of aliphatic imine (C=N–C) groups is 1. The van der Waals surface area contributed by atoms with Crippen molar-refractivity contribution in [3.8, 4) is 5.75 Å². The molecule has 6 N–H and O–H groups in total. The molecule has 0 fully saturated rings. The van der Waals surface area contributed by atoms with Gasteiger partial charge >= 0.3 is 0 Å². The minimum absolute atomic E-state index is 0.171. The van der Waals surface area contributed by atoms with E-state index in [-0.39, 0.29) is 23.1 Å². The van der Waals surface area contributed by atoms with E-state index >= 15 is 0 Å². The second kappa shape index (κ2) is 9.78. The summed E-state index contributed by atoms with van der Waals surface area (Å²) in [6.07, 6.45) is 3.79. The smallest absolute Gasteiger partial charge is 0.166 e. The summed E-state index contributed by atoms with van der Waals surface area (Å²) in [7, 11) is 1.61. The SMILES string of the molecule is CCN/C1=C(\C(=N)Cl)CC(C=NC)=C(N)c2ncc(F)cc2[C@@H](C)Oc2cc1cnc2N. The van der Waals surface area contributed by atoms with Crippen molar-refractivity contribution in [2.45, 2.75) is 26.4 Å². The van der Waals surface area contributed by atoms with E-state index in [0.29, 0.717) is 46.0 Å². The first kappa shape index (κ1) is 23.2. The molecule has 0 radical (unpaired) electrons. The molecule has 1 atom stereocenters. The highest BCUT2D eigenvalue weighted by molar-refractivity contribution is 6.69. The van der Waals surface area contributed by atoms with Crippen molar-refractivity contribution < 1.29 is 9.13 Å². The fraction of sp³-hybridized carbons (Fsp3) is 0.273. The van der Waals surface area contributed by atoms with E-state index in [0.717, 1.165) is 6.20 Å². The maximum absolute atomic E-state index is 14.1. The molecular formula is C22H25ClFN7O. The van der Waals surface area contributed by atoms with Gasteiger partial charge in [0.05, 0.1) is 17.6 Å². The number of allylic oxidation sites excluding steroid dienone is 2. The van der Waals surface area contributed by atoms with Crippen LogP contribution in [0.4, 0.5) is 10.2 Å². The Labute approximate surface area is 190 Å². The molecule has 32 heavy (non-hydrogen) atoms. The molecule has 0 aromatic carbocycles. The molecule has 10 heteroatoms. The van der Waals surface area contributed by atoms with Crippen LogP contribution in [0.3, 0.4) is 0 Å². The summed E-state index contributed by atoms with van der Waals surface area (Å²) in [5, 5.41) is 11.3. The monoisotopic (exact) mass is 457 g/mol. The van der Waals surface area contributed by atoms with Crippen LogP contribution in [0.25, 0.3) is 11.4 Å². The van der Waals surface area contributed by atoms with Crippen LogP contribution in [0.5, 0.6) is 5.75 Å². The number of nitrogens with zero attached hydrogens (tertiary/aromatic N) is 3. The van der Waals surface area contributed by atoms with E-state index in [9.17, 15) is 4.39 Å². The number of ether oxygens (including phenoxy) is 1. The lowest BCUT2D eigenvalue weighted by Gasteiger charge is -2.23. The third-order valence-electron chi connectivity index (χ3n) is 4.97. The van der Waals surface area contributed by atoms with Crippen molar-refractivity contribution in [2.24, 2.45) is 10.7 Å². The molecule has 0 aliphatic carbocycles. The standard InChI is InChI=1S/C22H25ClFN7O/c1-4-29-19-13-6-17(22(27)31-9-13)32-11(2)15-7-14(24)10-30-20(15)18(25)12(8-28-3)5-16(19)21(23)26/h6-11,26,29H,4-5,25H2,1-3H3,(H2,27,31)/b18-12?,19-16-,26-21?,28-8?/t11-/m1/s1. The Kier molecular flexibility index (Phi) is 7.09. The van der Waals surface area contributed by atoms with Crippen molar-refractivity contribution in [3.63, 3.8) is 0 Å². The van der Waals surface area contributed by atoms with Gasteiger partial charge in [0.25, 0.3) is 0 Å². The number of nitrogens with two attached hydrogens (primary N) is 2. The number of hydrogen-bond acceptors (Lipinski definition) is 8. The molecule has 3 rings (SSSR count). The van der Waals surface area contributed by atoms with Gasteiger partial charge in [0.2, 0.25) is 0 Å². The number of nitrogen functional groups attached to an aromatic ring is 1. The number of halogens is 2. The summed E-state index contributed by atoms with van der Waals surface area (Å²) in [6, 6.07) is 3.04. The second-order valence-electron chi connectivity index (χ2n) is 7.16. The molecule has 3 heterocycles. The van der Waals surface area contributed by atoms with E-state index < -0.39 is 11.9 Å². The zero-order valence-electron chi connectivity index (χ0n) is 18.0. The number of rotatable bonds is 4. The molecule has 0 amide bonds. The van der Waals surface area contributed by atoms with Crippen molar-refractivity contribution in [1.29, 1.82) is 5.41 Å². The van der Waals surface area contributed by atoms with Crippen molar-refractivity contribution in [2.75, 3.05) is 19.3 Å². The highest BCUT2D eigenvalue weighted by Gasteiger charge is 2.23. The third-order valence-corrected chi connectivity index (χ3v) is 5.20. The van der Waals surface area contributed by atoms with Gasteiger partial charge in [-0.15, -0.1) is 0 Å². The topological polar surface area (TPSA) is 135 Å². The maximum Gasteiger partial charge on any atom is 0.166 e. The predicted molar refractivity (Wildman–Crippen MR) is 126 cm³/mol. The van der Waals surface area contributed by atoms with Gasteiger partial charge in [0.1, 0.15) is 17.1 Å². The van der Waals surface area contributed by atoms with Crippen LogP contribution >= 0.6 is 11.6 Å². The largest absolute Gasteiger partial charge is 0.482 e. The number of hydrogen-bond donors (Lipinski definition) is 4. The van der Waals surface area contributed by atoms with Crippen LogP contribution in [0.2, 0.25) is 0 Å². The lowest BCUT2D eigenvalue weighted by Crippen LogP contribution is -2.19. The minimum atomic E-state index is -0.636. The Balaban J connectivity index is 2.40. The molecule has 168 valence electrons. The normalized spacial score (nSPS) is 19.1. The molecule has 2 aromatic rings. The van der Waals surface area contributed by atoms with Crippen molar-refractivity contribution >= 4 is 40.2 Å². The van der Waals surface area contributed by atoms with Crippen LogP contribution in [0.1, 0.15) is 43.2 Å². The molecule has 2 bridgehead atoms. The molecule has 0 saturated heterocycles. The number of anilines is 1. The first-order valence-corrected chi connectivity index (χ1v) is 10.3. The first-order valence-electron chi connectivity index (χ1n) is 9.97. The molecular weight excluding hydrogens is 433 g/mol. The molecule has 2 aromatic heterocycles. The van der Waals surface area contributed by atoms with Crippen LogP contribution in [0, 0.1) is 11.2 Å². The van der Waals surface area contributed by atoms with E-state index in [2.05, 4.69) is 20.3 Å². The Bertz CT molecular complexity index is 1140. The average Bonchev–Trinajstić information content (AvgIpc) is 2.75. The number of aromatic nitrogens is 2. The van der Waals surface area contributed by atoms with E-state index in [1.807, 2.05) is 6.92 Å². The molecule has 1 aliphatic heterocycles. The summed E-state index contributed by atoms with van der Waals surface area (Å²) in [4.78, 5) is 12.6. The lowest BCUT2D eigenvalue weighted by atomic mass is 9.96. The van der Waals surface area contributed by atoms with Gasteiger partial charge in [-0.2, -0.15) is 0 Å². The number of pyridine rings is 2. The summed E-state index contributed by atoms with van der Waals surface area (Å²) < 4.78 is 20.2. The summed E-state index contributed by atoms with van der Waals surface area (Å²) >= 11 is 6.22. The van der Waals surface area contributed by atoms with E-state index in [1.54, 1.807) is 32.4 Å². The van der Waals surface area contributed by atoms with Crippen molar-refractivity contribution in [1.82, 2.24) is 15.3 Å². The Morgan fingerprint density at radius 3 is 2.78 bits per heavy atom. The minimum Gasteiger partial charge on any atom is -0.482 e. The van der Waals surface area contributed by atoms with Crippen LogP contribution < -0.4 is 21.5 Å². The Hall–Kier alpha value is -3.46. The Morgan fingerprint density at radius 1 is 1.38 bits per heavy atom. The maximum atomic E-state index is 14.1. The van der Waals surface area contributed by atoms with Gasteiger partial charge in [0, 0.05) is 54.8 Å². The van der Waals surface area contributed by atoms with Crippen LogP contribution in [-0.4, -0.2) is 34.9 Å². The average molecular weight is 458 g/mol. The third kappa shape index (κ3) is 4.72. The second-order valence-corrected chi connectivity index (χ2v) is 7.54. The number of nitrogens with one attached hydrogen (secondary N) is 2. The van der Waals surface area contributed by atoms with Gasteiger partial charge in [-0.3, -0.25) is 15.4 Å².